The lowest BCUT2D eigenvalue weighted by atomic mass is 10.0. The van der Waals surface area contributed by atoms with Crippen molar-refractivity contribution in [3.05, 3.63) is 0 Å². The highest BCUT2D eigenvalue weighted by Crippen LogP contribution is 2.04. The second-order valence-electron chi connectivity index (χ2n) is 3.54. The van der Waals surface area contributed by atoms with Crippen molar-refractivity contribution >= 4 is 5.97 Å². The number of hydrogen-bond acceptors (Lipinski definition) is 3. The Balaban J connectivity index is 3.96. The Bertz CT molecular complexity index is 136. The molecule has 0 radical (unpaired) electrons. The minimum Gasteiger partial charge on any atom is -0.480 e. The van der Waals surface area contributed by atoms with Gasteiger partial charge in [-0.1, -0.05) is 13.8 Å². The first kappa shape index (κ1) is 11.4. The lowest BCUT2D eigenvalue weighted by Gasteiger charge is -2.20. The van der Waals surface area contributed by atoms with Crippen LogP contribution in [0.15, 0.2) is 0 Å². The van der Waals surface area contributed by atoms with Crippen LogP contribution in [-0.4, -0.2) is 36.2 Å². The summed E-state index contributed by atoms with van der Waals surface area (Å²) in [5.41, 5.74) is 2.84. The number of carboxylic acids is 1. The summed E-state index contributed by atoms with van der Waals surface area (Å²) < 4.78 is 0. The maximum absolute atomic E-state index is 10.7. The summed E-state index contributed by atoms with van der Waals surface area (Å²) in [7, 11) is 3.58. The van der Waals surface area contributed by atoms with E-state index in [1.807, 2.05) is 13.8 Å². The molecule has 0 bridgehead atoms. The molecule has 0 spiro atoms. The third-order valence-electron chi connectivity index (χ3n) is 1.42. The molecular weight excluding hydrogens is 156 g/mol. The first-order valence-corrected chi connectivity index (χ1v) is 4.09. The van der Waals surface area contributed by atoms with E-state index in [0.717, 1.165) is 0 Å². The van der Waals surface area contributed by atoms with Gasteiger partial charge < -0.3 is 5.11 Å². The number of carboxylic acid groups (broad SMARTS) is 1. The summed E-state index contributed by atoms with van der Waals surface area (Å²) in [6.07, 6.45) is 0.646. The lowest BCUT2D eigenvalue weighted by molar-refractivity contribution is -0.141. The van der Waals surface area contributed by atoms with Gasteiger partial charge in [0.25, 0.3) is 0 Å². The zero-order valence-electron chi connectivity index (χ0n) is 8.16. The molecule has 12 heavy (non-hydrogen) atoms. The molecule has 0 saturated carbocycles. The molecule has 2 N–H and O–H groups in total. The Morgan fingerprint density at radius 2 is 2.00 bits per heavy atom. The van der Waals surface area contributed by atoms with Gasteiger partial charge in [-0.15, -0.1) is 0 Å². The van der Waals surface area contributed by atoms with E-state index in [4.69, 9.17) is 5.11 Å². The van der Waals surface area contributed by atoms with Crippen molar-refractivity contribution in [2.24, 2.45) is 5.92 Å². The Hall–Kier alpha value is -0.610. The Labute approximate surface area is 73.5 Å². The lowest BCUT2D eigenvalue weighted by Crippen LogP contribution is -2.45. The van der Waals surface area contributed by atoms with Gasteiger partial charge in [0.05, 0.1) is 0 Å². The highest BCUT2D eigenvalue weighted by molar-refractivity contribution is 5.73. The minimum absolute atomic E-state index is 0.388. The van der Waals surface area contributed by atoms with Crippen molar-refractivity contribution in [2.45, 2.75) is 26.3 Å². The molecule has 4 heteroatoms. The molecule has 0 aromatic carbocycles. The first-order valence-electron chi connectivity index (χ1n) is 4.09. The van der Waals surface area contributed by atoms with Crippen molar-refractivity contribution in [1.82, 2.24) is 10.4 Å². The van der Waals surface area contributed by atoms with Gasteiger partial charge in [0.15, 0.2) is 0 Å². The van der Waals surface area contributed by atoms with Crippen LogP contribution in [0.5, 0.6) is 0 Å². The number of aliphatic carboxylic acids is 1. The first-order chi connectivity index (χ1) is 5.43. The summed E-state index contributed by atoms with van der Waals surface area (Å²) >= 11 is 0. The molecule has 0 aliphatic carbocycles. The molecule has 0 amide bonds. The number of hydrazine groups is 1. The van der Waals surface area contributed by atoms with Crippen molar-refractivity contribution in [3.63, 3.8) is 0 Å². The van der Waals surface area contributed by atoms with Crippen molar-refractivity contribution in [3.8, 4) is 0 Å². The van der Waals surface area contributed by atoms with Gasteiger partial charge in [0.1, 0.15) is 6.04 Å². The van der Waals surface area contributed by atoms with Crippen LogP contribution >= 0.6 is 0 Å². The molecule has 0 aromatic heterocycles. The Kier molecular flexibility index (Phi) is 4.85. The Morgan fingerprint density at radius 1 is 1.50 bits per heavy atom. The van der Waals surface area contributed by atoms with Crippen LogP contribution in [-0.2, 0) is 4.79 Å². The maximum atomic E-state index is 10.7. The smallest absolute Gasteiger partial charge is 0.322 e. The fraction of sp³-hybridized carbons (Fsp3) is 0.875. The van der Waals surface area contributed by atoms with E-state index >= 15 is 0 Å². The zero-order valence-corrected chi connectivity index (χ0v) is 8.16. The summed E-state index contributed by atoms with van der Waals surface area (Å²) in [5, 5.41) is 10.4. The fourth-order valence-electron chi connectivity index (χ4n) is 0.992. The molecule has 0 rings (SSSR count). The quantitative estimate of drug-likeness (QED) is 0.598. The standard InChI is InChI=1S/C8H18N2O2/c1-6(2)5-7(8(11)12)9-10(3)4/h6-7,9H,5H2,1-4H3,(H,11,12). The van der Waals surface area contributed by atoms with Crippen LogP contribution in [0.25, 0.3) is 0 Å². The van der Waals surface area contributed by atoms with Crippen molar-refractivity contribution < 1.29 is 9.90 Å². The fourth-order valence-corrected chi connectivity index (χ4v) is 0.992. The molecule has 0 saturated heterocycles. The summed E-state index contributed by atoms with van der Waals surface area (Å²) in [6.45, 7) is 4.01. The van der Waals surface area contributed by atoms with E-state index < -0.39 is 12.0 Å². The van der Waals surface area contributed by atoms with E-state index in [2.05, 4.69) is 5.43 Å². The van der Waals surface area contributed by atoms with Gasteiger partial charge in [-0.05, 0) is 12.3 Å². The second-order valence-corrected chi connectivity index (χ2v) is 3.54. The summed E-state index contributed by atoms with van der Waals surface area (Å²) in [5.74, 6) is -0.407. The average molecular weight is 174 g/mol. The molecule has 4 nitrogen and oxygen atoms in total. The monoisotopic (exact) mass is 174 g/mol. The minimum atomic E-state index is -0.794. The van der Waals surface area contributed by atoms with E-state index in [-0.39, 0.29) is 0 Å². The van der Waals surface area contributed by atoms with Gasteiger partial charge in [-0.3, -0.25) is 4.79 Å². The third-order valence-corrected chi connectivity index (χ3v) is 1.42. The SMILES string of the molecule is CC(C)CC(NN(C)C)C(=O)O. The number of hydrogen-bond donors (Lipinski definition) is 2. The topological polar surface area (TPSA) is 52.6 Å². The van der Waals surface area contributed by atoms with Crippen LogP contribution in [0, 0.1) is 5.92 Å². The zero-order chi connectivity index (χ0) is 9.72. The highest BCUT2D eigenvalue weighted by atomic mass is 16.4. The van der Waals surface area contributed by atoms with E-state index in [1.54, 1.807) is 19.1 Å². The Morgan fingerprint density at radius 3 is 2.25 bits per heavy atom. The van der Waals surface area contributed by atoms with Gasteiger partial charge in [0, 0.05) is 14.1 Å². The van der Waals surface area contributed by atoms with Gasteiger partial charge in [0.2, 0.25) is 0 Å². The van der Waals surface area contributed by atoms with Crippen LogP contribution in [0.3, 0.4) is 0 Å². The number of carbonyl (C=O) groups is 1. The molecule has 0 fully saturated rings. The molecular formula is C8H18N2O2. The summed E-state index contributed by atoms with van der Waals surface area (Å²) in [4.78, 5) is 10.7. The molecule has 0 aromatic rings. The molecule has 0 aliphatic rings. The third kappa shape index (κ3) is 5.09. The average Bonchev–Trinajstić information content (AvgIpc) is 1.83. The molecule has 1 atom stereocenters. The van der Waals surface area contributed by atoms with E-state index in [9.17, 15) is 4.79 Å². The predicted octanol–water partition coefficient (Wildman–Crippen LogP) is 0.552. The van der Waals surface area contributed by atoms with Crippen molar-refractivity contribution in [1.29, 1.82) is 0 Å². The maximum Gasteiger partial charge on any atom is 0.322 e. The van der Waals surface area contributed by atoms with Gasteiger partial charge >= 0.3 is 5.97 Å². The van der Waals surface area contributed by atoms with Crippen molar-refractivity contribution in [2.75, 3.05) is 14.1 Å². The number of rotatable bonds is 5. The van der Waals surface area contributed by atoms with Crippen LogP contribution in [0.1, 0.15) is 20.3 Å². The summed E-state index contributed by atoms with van der Waals surface area (Å²) in [6, 6.07) is -0.472. The van der Waals surface area contributed by atoms with E-state index in [0.29, 0.717) is 12.3 Å². The molecule has 1 unspecified atom stereocenters. The van der Waals surface area contributed by atoms with E-state index in [1.165, 1.54) is 0 Å². The van der Waals surface area contributed by atoms with Crippen LogP contribution in [0.4, 0.5) is 0 Å². The van der Waals surface area contributed by atoms with Gasteiger partial charge in [-0.25, -0.2) is 10.4 Å². The number of nitrogens with zero attached hydrogens (tertiary/aromatic N) is 1. The highest BCUT2D eigenvalue weighted by Gasteiger charge is 2.18. The van der Waals surface area contributed by atoms with Crippen LogP contribution in [0.2, 0.25) is 0 Å². The largest absolute Gasteiger partial charge is 0.480 e. The molecule has 0 aliphatic heterocycles. The molecule has 0 heterocycles. The molecule has 72 valence electrons. The van der Waals surface area contributed by atoms with Crippen LogP contribution < -0.4 is 5.43 Å². The predicted molar refractivity (Wildman–Crippen MR) is 47.7 cm³/mol. The normalized spacial score (nSPS) is 13.8. The van der Waals surface area contributed by atoms with Gasteiger partial charge in [-0.2, -0.15) is 0 Å². The number of nitrogens with one attached hydrogen (secondary N) is 1. The second kappa shape index (κ2) is 5.11.